The number of rotatable bonds is 0. The molecule has 1 aromatic heterocycles. The van der Waals surface area contributed by atoms with Gasteiger partial charge in [0.25, 0.3) is 0 Å². The second kappa shape index (κ2) is 6.27. The van der Waals surface area contributed by atoms with Crippen molar-refractivity contribution in [3.8, 4) is 0 Å². The maximum absolute atomic E-state index is 4.05. The molecule has 0 aromatic carbocycles. The standard InChI is InChI=1S/C15H23N3.2ClH/c1-2-5-13-12(4-1)17-15(7-9-16-10-8-15)14-6-3-11-18(13)14;;/h3,6,11-13,16-17H,1-2,4-5,7-10H2;2*1H/t12-,13-;;/m0../s1. The molecule has 3 aliphatic rings. The number of piperidine rings is 1. The van der Waals surface area contributed by atoms with Crippen LogP contribution in [0.1, 0.15) is 50.3 Å². The maximum atomic E-state index is 4.05. The lowest BCUT2D eigenvalue weighted by molar-refractivity contribution is 0.114. The van der Waals surface area contributed by atoms with Crippen LogP contribution in [0, 0.1) is 0 Å². The topological polar surface area (TPSA) is 29.0 Å². The van der Waals surface area contributed by atoms with Crippen LogP contribution in [-0.2, 0) is 5.54 Å². The zero-order chi connectivity index (χ0) is 12.0. The molecule has 2 fully saturated rings. The first kappa shape index (κ1) is 16.2. The normalized spacial score (nSPS) is 30.6. The molecule has 1 aromatic rings. The molecule has 4 rings (SSSR count). The second-order valence-corrected chi connectivity index (χ2v) is 6.24. The Labute approximate surface area is 133 Å². The summed E-state index contributed by atoms with van der Waals surface area (Å²) >= 11 is 0. The minimum atomic E-state index is 0. The van der Waals surface area contributed by atoms with Gasteiger partial charge in [-0.2, -0.15) is 0 Å². The molecule has 2 N–H and O–H groups in total. The van der Waals surface area contributed by atoms with Crippen molar-refractivity contribution < 1.29 is 0 Å². The molecule has 0 bridgehead atoms. The quantitative estimate of drug-likeness (QED) is 0.770. The van der Waals surface area contributed by atoms with Crippen LogP contribution in [0.5, 0.6) is 0 Å². The van der Waals surface area contributed by atoms with Gasteiger partial charge >= 0.3 is 0 Å². The summed E-state index contributed by atoms with van der Waals surface area (Å²) in [6.45, 7) is 2.30. The molecule has 3 heterocycles. The summed E-state index contributed by atoms with van der Waals surface area (Å²) in [7, 11) is 0. The van der Waals surface area contributed by atoms with Gasteiger partial charge in [0.1, 0.15) is 0 Å². The molecular formula is C15H25Cl2N3. The van der Waals surface area contributed by atoms with Crippen LogP contribution < -0.4 is 10.6 Å². The monoisotopic (exact) mass is 317 g/mol. The molecule has 20 heavy (non-hydrogen) atoms. The summed E-state index contributed by atoms with van der Waals surface area (Å²) in [6.07, 6.45) is 10.3. The fourth-order valence-corrected chi connectivity index (χ4v) is 4.38. The van der Waals surface area contributed by atoms with Crippen molar-refractivity contribution in [2.45, 2.75) is 56.1 Å². The first-order chi connectivity index (χ1) is 8.89. The lowest BCUT2D eigenvalue weighted by Gasteiger charge is -2.50. The van der Waals surface area contributed by atoms with Gasteiger partial charge in [-0.25, -0.2) is 0 Å². The molecule has 1 saturated carbocycles. The summed E-state index contributed by atoms with van der Waals surface area (Å²) in [4.78, 5) is 0. The predicted molar refractivity (Wildman–Crippen MR) is 87.1 cm³/mol. The van der Waals surface area contributed by atoms with Crippen LogP contribution in [0.4, 0.5) is 0 Å². The Morgan fingerprint density at radius 3 is 2.65 bits per heavy atom. The van der Waals surface area contributed by atoms with E-state index in [1.807, 2.05) is 0 Å². The molecule has 0 unspecified atom stereocenters. The lowest BCUT2D eigenvalue weighted by Crippen LogP contribution is -2.60. The average molecular weight is 318 g/mol. The summed E-state index contributed by atoms with van der Waals surface area (Å²) < 4.78 is 2.60. The molecule has 0 amide bonds. The molecule has 2 aliphatic heterocycles. The molecule has 2 atom stereocenters. The van der Waals surface area contributed by atoms with Gasteiger partial charge in [0.05, 0.1) is 5.54 Å². The van der Waals surface area contributed by atoms with Gasteiger partial charge in [-0.05, 0) is 50.9 Å². The summed E-state index contributed by atoms with van der Waals surface area (Å²) in [5, 5.41) is 7.55. The minimum absolute atomic E-state index is 0. The third-order valence-electron chi connectivity index (χ3n) is 5.27. The number of nitrogens with zero attached hydrogens (tertiary/aromatic N) is 1. The van der Waals surface area contributed by atoms with Crippen molar-refractivity contribution in [2.24, 2.45) is 0 Å². The van der Waals surface area contributed by atoms with Crippen LogP contribution in [0.2, 0.25) is 0 Å². The van der Waals surface area contributed by atoms with Crippen LogP contribution >= 0.6 is 24.8 Å². The lowest BCUT2D eigenvalue weighted by atomic mass is 9.78. The molecular weight excluding hydrogens is 293 g/mol. The van der Waals surface area contributed by atoms with Crippen LogP contribution in [-0.4, -0.2) is 23.7 Å². The van der Waals surface area contributed by atoms with Crippen LogP contribution in [0.25, 0.3) is 0 Å². The van der Waals surface area contributed by atoms with E-state index in [-0.39, 0.29) is 30.4 Å². The van der Waals surface area contributed by atoms with E-state index in [0.717, 1.165) is 13.1 Å². The van der Waals surface area contributed by atoms with Crippen LogP contribution in [0.3, 0.4) is 0 Å². The van der Waals surface area contributed by atoms with Crippen molar-refractivity contribution in [1.82, 2.24) is 15.2 Å². The number of nitrogens with one attached hydrogen (secondary N) is 2. The molecule has 3 nitrogen and oxygen atoms in total. The molecule has 0 radical (unpaired) electrons. The Morgan fingerprint density at radius 1 is 1.10 bits per heavy atom. The van der Waals surface area contributed by atoms with Gasteiger partial charge in [-0.15, -0.1) is 24.8 Å². The van der Waals surface area contributed by atoms with E-state index in [0.29, 0.717) is 12.1 Å². The van der Waals surface area contributed by atoms with Crippen molar-refractivity contribution in [3.05, 3.63) is 24.0 Å². The van der Waals surface area contributed by atoms with Gasteiger partial charge < -0.3 is 15.2 Å². The van der Waals surface area contributed by atoms with Gasteiger partial charge in [0.2, 0.25) is 0 Å². The Kier molecular flexibility index (Phi) is 5.06. The molecule has 1 saturated heterocycles. The van der Waals surface area contributed by atoms with Crippen molar-refractivity contribution in [3.63, 3.8) is 0 Å². The van der Waals surface area contributed by atoms with Gasteiger partial charge in [-0.1, -0.05) is 12.8 Å². The second-order valence-electron chi connectivity index (χ2n) is 6.24. The minimum Gasteiger partial charge on any atom is -0.345 e. The summed E-state index contributed by atoms with van der Waals surface area (Å²) in [5.74, 6) is 0. The van der Waals surface area contributed by atoms with Crippen molar-refractivity contribution in [2.75, 3.05) is 13.1 Å². The molecule has 1 spiro atoms. The van der Waals surface area contributed by atoms with Crippen LogP contribution in [0.15, 0.2) is 18.3 Å². The Morgan fingerprint density at radius 2 is 1.85 bits per heavy atom. The number of aromatic nitrogens is 1. The predicted octanol–water partition coefficient (Wildman–Crippen LogP) is 3.00. The van der Waals surface area contributed by atoms with E-state index in [1.54, 1.807) is 5.69 Å². The SMILES string of the molecule is Cl.Cl.c1cc2n(c1)[C@H]1CCCC[C@@H]1NC21CCNCC1. The fraction of sp³-hybridized carbons (Fsp3) is 0.733. The van der Waals surface area contributed by atoms with Crippen molar-refractivity contribution in [1.29, 1.82) is 0 Å². The zero-order valence-electron chi connectivity index (χ0n) is 11.8. The fourth-order valence-electron chi connectivity index (χ4n) is 4.38. The van der Waals surface area contributed by atoms with E-state index in [1.165, 1.54) is 38.5 Å². The molecule has 114 valence electrons. The average Bonchev–Trinajstić information content (AvgIpc) is 2.90. The van der Waals surface area contributed by atoms with E-state index in [4.69, 9.17) is 0 Å². The zero-order valence-corrected chi connectivity index (χ0v) is 13.4. The Hall–Kier alpha value is -0.220. The number of hydrogen-bond acceptors (Lipinski definition) is 2. The van der Waals surface area contributed by atoms with E-state index < -0.39 is 0 Å². The third-order valence-corrected chi connectivity index (χ3v) is 5.27. The maximum Gasteiger partial charge on any atom is 0.0615 e. The van der Waals surface area contributed by atoms with E-state index in [9.17, 15) is 0 Å². The summed E-state index contributed by atoms with van der Waals surface area (Å²) in [5.41, 5.74) is 1.81. The third kappa shape index (κ3) is 2.39. The van der Waals surface area contributed by atoms with Gasteiger partial charge in [0, 0.05) is 24.0 Å². The highest BCUT2D eigenvalue weighted by Gasteiger charge is 2.44. The smallest absolute Gasteiger partial charge is 0.0615 e. The largest absolute Gasteiger partial charge is 0.345 e. The Bertz CT molecular complexity index is 440. The van der Waals surface area contributed by atoms with Gasteiger partial charge in [0.15, 0.2) is 0 Å². The number of halogens is 2. The summed E-state index contributed by atoms with van der Waals surface area (Å²) in [6, 6.07) is 6.02. The van der Waals surface area contributed by atoms with E-state index in [2.05, 4.69) is 33.5 Å². The number of fused-ring (bicyclic) bond motifs is 4. The first-order valence-corrected chi connectivity index (χ1v) is 7.55. The Balaban J connectivity index is 0.000000735. The highest BCUT2D eigenvalue weighted by molar-refractivity contribution is 5.85. The van der Waals surface area contributed by atoms with Crippen molar-refractivity contribution >= 4 is 24.8 Å². The first-order valence-electron chi connectivity index (χ1n) is 7.55. The number of hydrogen-bond donors (Lipinski definition) is 2. The van der Waals surface area contributed by atoms with Gasteiger partial charge in [-0.3, -0.25) is 0 Å². The molecule has 5 heteroatoms. The highest BCUT2D eigenvalue weighted by atomic mass is 35.5. The van der Waals surface area contributed by atoms with E-state index >= 15 is 0 Å². The highest BCUT2D eigenvalue weighted by Crippen LogP contribution is 2.42. The molecule has 1 aliphatic carbocycles.